The van der Waals surface area contributed by atoms with Crippen LogP contribution in [0.5, 0.6) is 0 Å². The average molecular weight is 296 g/mol. The Hall–Kier alpha value is -0.281. The first-order valence-corrected chi connectivity index (χ1v) is 3.79. The van der Waals surface area contributed by atoms with Crippen LogP contribution in [0.15, 0.2) is 9.98 Å². The smallest absolute Gasteiger partial charge is 0.202 e. The second-order valence-corrected chi connectivity index (χ2v) is 3.02. The van der Waals surface area contributed by atoms with Gasteiger partial charge in [0.2, 0.25) is 12.4 Å². The fourth-order valence-electron chi connectivity index (χ4n) is 0.0816. The van der Waals surface area contributed by atoms with Gasteiger partial charge in [0.1, 0.15) is 0 Å². The van der Waals surface area contributed by atoms with Crippen molar-refractivity contribution in [1.29, 1.82) is 10.5 Å². The predicted molar refractivity (Wildman–Crippen MR) is 55.6 cm³/mol. The van der Waals surface area contributed by atoms with Gasteiger partial charge in [-0.15, -0.1) is 0 Å². The predicted octanol–water partition coefficient (Wildman–Crippen LogP) is -0.168. The third-order valence-corrected chi connectivity index (χ3v) is 0.648. The fourth-order valence-corrected chi connectivity index (χ4v) is 0.245. The van der Waals surface area contributed by atoms with Gasteiger partial charge in [-0.25, -0.2) is 18.7 Å². The van der Waals surface area contributed by atoms with E-state index in [0.29, 0.717) is 0 Å². The van der Waals surface area contributed by atoms with Crippen LogP contribution in [0.25, 0.3) is 0 Å². The van der Waals surface area contributed by atoms with Crippen molar-refractivity contribution in [3.8, 4) is 12.4 Å². The largest absolute Gasteiger partial charge is 0.788 e. The minimum absolute atomic E-state index is 0. The zero-order valence-corrected chi connectivity index (χ0v) is 9.93. The van der Waals surface area contributed by atoms with Crippen molar-refractivity contribution in [2.75, 3.05) is 0 Å². The van der Waals surface area contributed by atoms with E-state index in [1.807, 2.05) is 0 Å². The molecule has 0 saturated carbocycles. The number of rotatable bonds is 0. The molecule has 0 aromatic rings. The minimum atomic E-state index is -0.0301. The van der Waals surface area contributed by atoms with Crippen LogP contribution >= 0.6 is 0 Å². The maximum atomic E-state index is 7.67. The Balaban J connectivity index is -0.000000143. The van der Waals surface area contributed by atoms with Crippen molar-refractivity contribution < 1.29 is 17.1 Å². The van der Waals surface area contributed by atoms with Gasteiger partial charge in [-0.2, -0.15) is 10.5 Å². The van der Waals surface area contributed by atoms with Gasteiger partial charge in [0.25, 0.3) is 0 Å². The van der Waals surface area contributed by atoms with Crippen LogP contribution in [-0.4, -0.2) is 8.75 Å². The van der Waals surface area contributed by atoms with Crippen LogP contribution in [-0.2, 0) is 67.6 Å². The van der Waals surface area contributed by atoms with Crippen LogP contribution in [0.1, 0.15) is 0 Å². The van der Waals surface area contributed by atoms with Crippen molar-refractivity contribution in [2.24, 2.45) is 9.98 Å². The summed E-state index contributed by atoms with van der Waals surface area (Å²) in [7, 11) is 0. The molecule has 0 bridgehead atoms. The van der Waals surface area contributed by atoms with E-state index in [0.717, 1.165) is 0 Å². The molecule has 0 amide bonds. The molecule has 0 heterocycles. The molecule has 9 heteroatoms. The molecule has 0 fully saturated rings. The number of aliphatic imine (C=N–C) groups is 2. The first-order chi connectivity index (χ1) is 5.54. The van der Waals surface area contributed by atoms with Crippen molar-refractivity contribution in [2.45, 2.75) is 0 Å². The summed E-state index contributed by atoms with van der Waals surface area (Å²) >= 11 is 16.9. The Kier molecular flexibility index (Phi) is 20.3. The Morgan fingerprint density at radius 2 is 1.08 bits per heavy atom. The van der Waals surface area contributed by atoms with Gasteiger partial charge >= 0.3 is 0 Å². The molecule has 75 valence electrons. The van der Waals surface area contributed by atoms with Gasteiger partial charge in [0.05, 0.1) is 0 Å². The molecular formula is C4CuN4S4-4. The van der Waals surface area contributed by atoms with Gasteiger partial charge in [-0.05, 0) is 0 Å². The molecule has 0 aromatic carbocycles. The molecule has 0 aromatic heterocycles. The molecule has 0 saturated heterocycles. The van der Waals surface area contributed by atoms with Gasteiger partial charge in [-0.3, -0.25) is 0 Å². The molecule has 4 nitrogen and oxygen atoms in total. The average Bonchev–Trinajstić information content (AvgIpc) is 1.87. The molecule has 1 radical (unpaired) electrons. The summed E-state index contributed by atoms with van der Waals surface area (Å²) in [4.78, 5) is 5.95. The van der Waals surface area contributed by atoms with Crippen molar-refractivity contribution >= 4 is 59.3 Å². The second kappa shape index (κ2) is 14.3. The SMILES string of the molecule is N#CN=C([S-])[S-].N#CN=C([S-])[S-].[Cu]. The Morgan fingerprint density at radius 3 is 1.08 bits per heavy atom. The van der Waals surface area contributed by atoms with Crippen molar-refractivity contribution in [3.63, 3.8) is 0 Å². The van der Waals surface area contributed by atoms with E-state index in [1.165, 1.54) is 12.4 Å². The number of nitriles is 2. The molecule has 0 aliphatic heterocycles. The van der Waals surface area contributed by atoms with E-state index < -0.39 is 0 Å². The molecule has 13 heavy (non-hydrogen) atoms. The molecule has 0 aliphatic rings. The van der Waals surface area contributed by atoms with Gasteiger partial charge < -0.3 is 50.5 Å². The summed E-state index contributed by atoms with van der Waals surface area (Å²) in [5.74, 6) is 0. The van der Waals surface area contributed by atoms with Crippen LogP contribution in [0.4, 0.5) is 0 Å². The van der Waals surface area contributed by atoms with Crippen LogP contribution < -0.4 is 0 Å². The first-order valence-electron chi connectivity index (χ1n) is 2.16. The molecule has 0 rings (SSSR count). The molecule has 0 atom stereocenters. The molecule has 0 spiro atoms. The quantitative estimate of drug-likeness (QED) is 0.203. The van der Waals surface area contributed by atoms with Gasteiger partial charge in [-0.1, -0.05) is 0 Å². The van der Waals surface area contributed by atoms with Gasteiger partial charge in [0, 0.05) is 17.1 Å². The fraction of sp³-hybridized carbons (Fsp3) is 0. The Morgan fingerprint density at radius 1 is 0.846 bits per heavy atom. The monoisotopic (exact) mass is 295 g/mol. The second-order valence-electron chi connectivity index (χ2n) is 0.955. The zero-order chi connectivity index (χ0) is 9.98. The summed E-state index contributed by atoms with van der Waals surface area (Å²) in [5.41, 5.74) is 0. The zero-order valence-electron chi connectivity index (χ0n) is 5.72. The van der Waals surface area contributed by atoms with Gasteiger partial charge in [0.15, 0.2) is 0 Å². The Bertz CT molecular complexity index is 226. The molecule has 0 unspecified atom stereocenters. The van der Waals surface area contributed by atoms with E-state index >= 15 is 0 Å². The topological polar surface area (TPSA) is 72.3 Å². The summed E-state index contributed by atoms with van der Waals surface area (Å²) in [6, 6.07) is 0. The van der Waals surface area contributed by atoms with Crippen LogP contribution in [0, 0.1) is 22.9 Å². The normalized spacial score (nSPS) is 5.38. The molecule has 0 N–H and O–H groups in total. The summed E-state index contributed by atoms with van der Waals surface area (Å²) < 4.78 is -0.0602. The third-order valence-electron chi connectivity index (χ3n) is 0.283. The number of hydrogen-bond donors (Lipinski definition) is 0. The van der Waals surface area contributed by atoms with E-state index in [9.17, 15) is 0 Å². The molecular weight excluding hydrogens is 296 g/mol. The summed E-state index contributed by atoms with van der Waals surface area (Å²) in [6.45, 7) is 0. The molecule has 0 aliphatic carbocycles. The van der Waals surface area contributed by atoms with E-state index in [1.54, 1.807) is 0 Å². The maximum Gasteiger partial charge on any atom is 0.202 e. The first kappa shape index (κ1) is 18.5. The van der Waals surface area contributed by atoms with E-state index in [-0.39, 0.29) is 25.8 Å². The van der Waals surface area contributed by atoms with Crippen LogP contribution in [0.2, 0.25) is 0 Å². The standard InChI is InChI=1S/2C2H2N2S2.Cu/c2*3-1-4-2(5)6;/h2*(H2,4,5,6);/p-4. The Labute approximate surface area is 109 Å². The maximum absolute atomic E-state index is 7.67. The summed E-state index contributed by atoms with van der Waals surface area (Å²) in [6.07, 6.45) is 2.89. The van der Waals surface area contributed by atoms with Crippen LogP contribution in [0.3, 0.4) is 0 Å². The summed E-state index contributed by atoms with van der Waals surface area (Å²) in [5, 5.41) is 15.3. The minimum Gasteiger partial charge on any atom is -0.788 e. The van der Waals surface area contributed by atoms with E-state index in [4.69, 9.17) is 10.5 Å². The number of nitrogens with zero attached hydrogens (tertiary/aromatic N) is 4. The number of hydrogen-bond acceptors (Lipinski definition) is 8. The van der Waals surface area contributed by atoms with Crippen molar-refractivity contribution in [3.05, 3.63) is 0 Å². The van der Waals surface area contributed by atoms with Crippen molar-refractivity contribution in [1.82, 2.24) is 0 Å². The third kappa shape index (κ3) is 33.8. The van der Waals surface area contributed by atoms with E-state index in [2.05, 4.69) is 60.5 Å².